The lowest BCUT2D eigenvalue weighted by Gasteiger charge is -2.38. The summed E-state index contributed by atoms with van der Waals surface area (Å²) in [5, 5.41) is 10.9. The summed E-state index contributed by atoms with van der Waals surface area (Å²) in [6.45, 7) is -4.23. The number of hydrogen-bond acceptors (Lipinski definition) is 2. The van der Waals surface area contributed by atoms with Gasteiger partial charge in [-0.25, -0.2) is 0 Å². The van der Waals surface area contributed by atoms with Gasteiger partial charge in [0.15, 0.2) is 0 Å². The predicted octanol–water partition coefficient (Wildman–Crippen LogP) is 8.84. The minimum Gasteiger partial charge on any atom is -0.507 e. The number of phenolic OH excluding ortho intramolecular Hbond substituents is 1. The fourth-order valence-electron chi connectivity index (χ4n) is 4.26. The van der Waals surface area contributed by atoms with Crippen molar-refractivity contribution in [1.82, 2.24) is 0 Å². The van der Waals surface area contributed by atoms with Gasteiger partial charge in [-0.1, -0.05) is 72.6 Å². The van der Waals surface area contributed by atoms with Crippen LogP contribution in [0.1, 0.15) is 140 Å². The molecule has 1 N–H and O–H groups in total. The maximum Gasteiger partial charge on any atom is 0.127 e. The minimum atomic E-state index is -3.31. The molecule has 2 rings (SSSR count). The highest BCUT2D eigenvalue weighted by molar-refractivity contribution is 5.58. The summed E-state index contributed by atoms with van der Waals surface area (Å²) in [6, 6.07) is 0. The Morgan fingerprint density at radius 3 is 2.10 bits per heavy atom. The zero-order valence-electron chi connectivity index (χ0n) is 33.7. The third-order valence-electron chi connectivity index (χ3n) is 6.45. The van der Waals surface area contributed by atoms with E-state index < -0.39 is 80.4 Å². The molecule has 0 aliphatic carbocycles. The molecule has 178 valence electrons. The van der Waals surface area contributed by atoms with Crippen LogP contribution in [-0.4, -0.2) is 10.7 Å². The standard InChI is InChI=1S/C29H50O2/c1-20(2)12-9-13-21(3)14-10-15-22(4)16-11-18-29(8)19-17-26-25(7)27(30)23(5)24(6)28(26)31-29/h20-22,30H,9-19H2,1-8H3/i5D3,6D3,7D3,8D3,18D2. The second-order valence-corrected chi connectivity index (χ2v) is 9.89. The van der Waals surface area contributed by atoms with Gasteiger partial charge in [-0.05, 0) is 87.5 Å². The Hall–Kier alpha value is -1.18. The molecule has 0 saturated heterocycles. The lowest BCUT2D eigenvalue weighted by atomic mass is 9.84. The van der Waals surface area contributed by atoms with Gasteiger partial charge in [0.25, 0.3) is 0 Å². The molecular weight excluding hydrogens is 380 g/mol. The molecule has 3 atom stereocenters. The summed E-state index contributed by atoms with van der Waals surface area (Å²) >= 11 is 0. The van der Waals surface area contributed by atoms with Crippen LogP contribution in [0.2, 0.25) is 0 Å². The van der Waals surface area contributed by atoms with E-state index in [1.54, 1.807) is 0 Å². The van der Waals surface area contributed by atoms with Gasteiger partial charge in [0, 0.05) is 24.8 Å². The molecule has 1 heterocycles. The SMILES string of the molecule is [2H]C([2H])([2H])c1c(O)c(C([2H])([2H])[2H])c(C([2H])([2H])[2H])c2c1CCC(C([2H])([2H])[2H])(C([2H])([2H])CCC(C)CCCC(C)CCCC(C)C)O2. The summed E-state index contributed by atoms with van der Waals surface area (Å²) < 4.78 is 121. The van der Waals surface area contributed by atoms with E-state index in [0.717, 1.165) is 25.7 Å². The molecule has 0 spiro atoms. The maximum absolute atomic E-state index is 10.9. The van der Waals surface area contributed by atoms with E-state index in [2.05, 4.69) is 20.8 Å². The first kappa shape index (κ1) is 12.3. The molecule has 0 bridgehead atoms. The highest BCUT2D eigenvalue weighted by Crippen LogP contribution is 2.44. The van der Waals surface area contributed by atoms with Crippen molar-refractivity contribution >= 4 is 0 Å². The Balaban J connectivity index is 2.48. The molecule has 31 heavy (non-hydrogen) atoms. The molecular formula is C29H50O2. The van der Waals surface area contributed by atoms with Gasteiger partial charge in [-0.15, -0.1) is 0 Å². The summed E-state index contributed by atoms with van der Waals surface area (Å²) in [7, 11) is 0. The monoisotopic (exact) mass is 444 g/mol. The van der Waals surface area contributed by atoms with Crippen LogP contribution in [-0.2, 0) is 6.42 Å². The summed E-state index contributed by atoms with van der Waals surface area (Å²) in [5.41, 5.74) is -5.97. The quantitative estimate of drug-likeness (QED) is 0.349. The highest BCUT2D eigenvalue weighted by atomic mass is 16.5. The van der Waals surface area contributed by atoms with Gasteiger partial charge in [0.05, 0.1) is 0 Å². The van der Waals surface area contributed by atoms with Crippen LogP contribution in [0, 0.1) is 38.3 Å². The minimum absolute atomic E-state index is 0.0617. The molecule has 0 fully saturated rings. The largest absolute Gasteiger partial charge is 0.507 e. The van der Waals surface area contributed by atoms with Crippen molar-refractivity contribution in [1.29, 1.82) is 0 Å². The van der Waals surface area contributed by atoms with E-state index >= 15 is 0 Å². The maximum atomic E-state index is 10.9. The van der Waals surface area contributed by atoms with E-state index in [4.69, 9.17) is 23.9 Å². The summed E-state index contributed by atoms with van der Waals surface area (Å²) in [4.78, 5) is 0. The van der Waals surface area contributed by atoms with Crippen LogP contribution in [0.4, 0.5) is 0 Å². The Labute approximate surface area is 212 Å². The summed E-state index contributed by atoms with van der Waals surface area (Å²) in [5.74, 6) is -0.728. The van der Waals surface area contributed by atoms with Crippen LogP contribution >= 0.6 is 0 Å². The molecule has 0 radical (unpaired) electrons. The molecule has 0 saturated carbocycles. The van der Waals surface area contributed by atoms with Crippen molar-refractivity contribution in [3.63, 3.8) is 0 Å². The van der Waals surface area contributed by atoms with Gasteiger partial charge in [0.2, 0.25) is 0 Å². The van der Waals surface area contributed by atoms with Crippen molar-refractivity contribution < 1.29 is 29.0 Å². The van der Waals surface area contributed by atoms with Crippen molar-refractivity contribution in [2.75, 3.05) is 0 Å². The highest BCUT2D eigenvalue weighted by Gasteiger charge is 2.34. The third-order valence-corrected chi connectivity index (χ3v) is 6.45. The van der Waals surface area contributed by atoms with E-state index in [0.29, 0.717) is 18.3 Å². The van der Waals surface area contributed by atoms with Crippen LogP contribution in [0.15, 0.2) is 0 Å². The van der Waals surface area contributed by atoms with Gasteiger partial charge < -0.3 is 9.84 Å². The second kappa shape index (κ2) is 11.6. The Kier molecular flexibility index (Phi) is 4.62. The van der Waals surface area contributed by atoms with Crippen molar-refractivity contribution in [2.45, 2.75) is 131 Å². The van der Waals surface area contributed by atoms with Gasteiger partial charge in [-0.3, -0.25) is 0 Å². The number of aromatic hydroxyl groups is 1. The zero-order valence-corrected chi connectivity index (χ0v) is 19.7. The van der Waals surface area contributed by atoms with E-state index in [1.807, 2.05) is 6.92 Å². The van der Waals surface area contributed by atoms with Crippen LogP contribution in [0.3, 0.4) is 0 Å². The molecule has 2 heteroatoms. The number of phenols is 1. The molecule has 2 nitrogen and oxygen atoms in total. The third kappa shape index (κ3) is 7.43. The zero-order chi connectivity index (χ0) is 35.0. The number of rotatable bonds is 12. The fourth-order valence-corrected chi connectivity index (χ4v) is 4.26. The molecule has 0 amide bonds. The number of ether oxygens (including phenoxy) is 1. The van der Waals surface area contributed by atoms with E-state index in [-0.39, 0.29) is 17.9 Å². The van der Waals surface area contributed by atoms with Crippen molar-refractivity contribution in [3.05, 3.63) is 22.3 Å². The average Bonchev–Trinajstić information content (AvgIpc) is 2.83. The molecule has 1 aromatic rings. The van der Waals surface area contributed by atoms with Crippen LogP contribution in [0.5, 0.6) is 11.5 Å². The average molecular weight is 445 g/mol. The Morgan fingerprint density at radius 2 is 1.52 bits per heavy atom. The van der Waals surface area contributed by atoms with Gasteiger partial charge in [0.1, 0.15) is 17.1 Å². The summed E-state index contributed by atoms with van der Waals surface area (Å²) in [6.07, 6.45) is 2.89. The van der Waals surface area contributed by atoms with Crippen LogP contribution < -0.4 is 4.74 Å². The Morgan fingerprint density at radius 1 is 0.903 bits per heavy atom. The van der Waals surface area contributed by atoms with E-state index in [1.165, 1.54) is 12.8 Å². The predicted molar refractivity (Wildman–Crippen MR) is 134 cm³/mol. The number of fused-ring (bicyclic) bond motifs is 1. The van der Waals surface area contributed by atoms with Crippen molar-refractivity contribution in [3.8, 4) is 11.5 Å². The smallest absolute Gasteiger partial charge is 0.127 e. The number of hydrogen-bond donors (Lipinski definition) is 1. The lowest BCUT2D eigenvalue weighted by Crippen LogP contribution is -2.37. The molecule has 1 aliphatic rings. The van der Waals surface area contributed by atoms with E-state index in [9.17, 15) is 5.11 Å². The molecule has 1 aromatic carbocycles. The molecule has 1 aliphatic heterocycles. The first-order chi connectivity index (χ1) is 20.2. The molecule has 3 unspecified atom stereocenters. The first-order valence-electron chi connectivity index (χ1n) is 18.8. The fraction of sp³-hybridized carbons (Fsp3) is 0.793. The van der Waals surface area contributed by atoms with Crippen molar-refractivity contribution in [2.24, 2.45) is 17.8 Å². The topological polar surface area (TPSA) is 29.5 Å². The number of benzene rings is 1. The molecule has 0 aromatic heterocycles. The van der Waals surface area contributed by atoms with Gasteiger partial charge >= 0.3 is 0 Å². The first-order valence-corrected chi connectivity index (χ1v) is 11.8. The Bertz CT molecular complexity index is 1150. The van der Waals surface area contributed by atoms with Gasteiger partial charge in [-0.2, -0.15) is 0 Å². The normalized spacial score (nSPS) is 29.2. The van der Waals surface area contributed by atoms with Crippen LogP contribution in [0.25, 0.3) is 0 Å². The lowest BCUT2D eigenvalue weighted by molar-refractivity contribution is 0.0512. The second-order valence-electron chi connectivity index (χ2n) is 9.89.